The number of pyridine rings is 1. The molecule has 5 rings (SSSR count). The van der Waals surface area contributed by atoms with E-state index >= 15 is 0 Å². The number of aliphatic hydroxyl groups is 1. The number of ketones is 1. The quantitative estimate of drug-likeness (QED) is 0.103. The fourth-order valence-electron chi connectivity index (χ4n) is 7.73. The molecule has 52 heavy (non-hydrogen) atoms. The number of nitrogens with zero attached hydrogens (tertiary/aromatic N) is 1. The van der Waals surface area contributed by atoms with Gasteiger partial charge < -0.3 is 10.1 Å². The second-order valence-corrected chi connectivity index (χ2v) is 15.9. The number of halogens is 3. The molecule has 7 heteroatoms. The summed E-state index contributed by atoms with van der Waals surface area (Å²) in [7, 11) is 0. The van der Waals surface area contributed by atoms with E-state index in [2.05, 4.69) is 50.0 Å². The van der Waals surface area contributed by atoms with Gasteiger partial charge in [-0.05, 0) is 81.8 Å². The minimum absolute atomic E-state index is 0. The molecule has 1 aromatic heterocycles. The normalized spacial score (nSPS) is 13.8. The molecular weight excluding hydrogens is 836 g/mol. The molecule has 1 aliphatic carbocycles. The van der Waals surface area contributed by atoms with Crippen LogP contribution in [0.4, 0.5) is 13.2 Å². The fourth-order valence-corrected chi connectivity index (χ4v) is 7.73. The Morgan fingerprint density at radius 3 is 2.06 bits per heavy atom. The minimum Gasteiger partial charge on any atom is -0.512 e. The predicted octanol–water partition coefficient (Wildman–Crippen LogP) is 13.1. The first-order chi connectivity index (χ1) is 23.8. The van der Waals surface area contributed by atoms with E-state index in [1.54, 1.807) is 0 Å². The minimum atomic E-state index is -4.51. The number of allylic oxidation sites excluding steroid dienone is 2. The van der Waals surface area contributed by atoms with Crippen LogP contribution in [0.15, 0.2) is 60.5 Å². The summed E-state index contributed by atoms with van der Waals surface area (Å²) in [6.07, 6.45) is 2.33. The van der Waals surface area contributed by atoms with Crippen molar-refractivity contribution in [3.05, 3.63) is 99.9 Å². The molecule has 0 saturated carbocycles. The third-order valence-corrected chi connectivity index (χ3v) is 10.2. The van der Waals surface area contributed by atoms with Crippen molar-refractivity contribution >= 4 is 16.6 Å². The molecule has 0 fully saturated rings. The number of aliphatic hydroxyl groups excluding tert-OH is 1. The Bertz CT molecular complexity index is 1910. The molecule has 0 saturated heterocycles. The third-order valence-electron chi connectivity index (χ3n) is 10.2. The maximum Gasteiger partial charge on any atom is 0.418 e. The fraction of sp³-hybridized carbons (Fsp3) is 0.467. The molecule has 0 spiro atoms. The average Bonchev–Trinajstić information content (AvgIpc) is 3.27. The van der Waals surface area contributed by atoms with E-state index in [0.29, 0.717) is 16.8 Å². The zero-order chi connectivity index (χ0) is 38.1. The zero-order valence-corrected chi connectivity index (χ0v) is 35.1. The van der Waals surface area contributed by atoms with Gasteiger partial charge in [-0.25, -0.2) is 0 Å². The molecule has 0 bridgehead atoms. The first-order valence-electron chi connectivity index (χ1n) is 18.4. The van der Waals surface area contributed by atoms with E-state index in [9.17, 15) is 23.1 Å². The van der Waals surface area contributed by atoms with Gasteiger partial charge >= 0.3 is 6.18 Å². The van der Waals surface area contributed by atoms with Crippen LogP contribution in [-0.4, -0.2) is 15.9 Å². The van der Waals surface area contributed by atoms with Gasteiger partial charge in [0, 0.05) is 49.6 Å². The van der Waals surface area contributed by atoms with Crippen LogP contribution >= 0.6 is 0 Å². The summed E-state index contributed by atoms with van der Waals surface area (Å²) in [6, 6.07) is 17.5. The van der Waals surface area contributed by atoms with Crippen LogP contribution in [0.3, 0.4) is 0 Å². The molecule has 1 aliphatic rings. The molecule has 4 aromatic rings. The van der Waals surface area contributed by atoms with Crippen LogP contribution in [0, 0.1) is 37.2 Å². The first kappa shape index (κ1) is 43.1. The van der Waals surface area contributed by atoms with Crippen molar-refractivity contribution in [3.8, 4) is 22.4 Å². The molecule has 3 aromatic carbocycles. The summed E-state index contributed by atoms with van der Waals surface area (Å²) in [4.78, 5) is 16.1. The van der Waals surface area contributed by atoms with Gasteiger partial charge in [0.05, 0.1) is 11.3 Å². The van der Waals surface area contributed by atoms with E-state index < -0.39 is 17.2 Å². The topological polar surface area (TPSA) is 50.2 Å². The van der Waals surface area contributed by atoms with Gasteiger partial charge in [-0.15, -0.1) is 34.9 Å². The molecule has 0 amide bonds. The first-order valence-corrected chi connectivity index (χ1v) is 18.4. The molecule has 3 nitrogen and oxygen atoms in total. The number of benzene rings is 3. The Morgan fingerprint density at radius 1 is 0.904 bits per heavy atom. The SMILES string of the molecule is CCC(CC)C(=O)/C=C(\O)C(CC)CC.Cc1[c-]c(-c2ncc(C(F)(F)F)c3c2C(C)(C)c2c-3ccc3cc(CC(C)(C)C)ccc23)cc(C)c1.[Ir]. The molecule has 0 atom stereocenters. The van der Waals surface area contributed by atoms with E-state index in [1.165, 1.54) is 11.6 Å². The second kappa shape index (κ2) is 16.8. The summed E-state index contributed by atoms with van der Waals surface area (Å²) in [5.74, 6) is 0.547. The Hall–Kier alpha value is -3.28. The number of aromatic nitrogens is 1. The Balaban J connectivity index is 0.000000389. The summed E-state index contributed by atoms with van der Waals surface area (Å²) in [6.45, 7) is 22.7. The Morgan fingerprint density at radius 2 is 1.52 bits per heavy atom. The van der Waals surface area contributed by atoms with E-state index in [-0.39, 0.29) is 54.5 Å². The van der Waals surface area contributed by atoms with Gasteiger partial charge in [0.2, 0.25) is 0 Å². The van der Waals surface area contributed by atoms with E-state index in [1.807, 2.05) is 79.7 Å². The predicted molar refractivity (Wildman–Crippen MR) is 205 cm³/mol. The van der Waals surface area contributed by atoms with Crippen molar-refractivity contribution in [2.24, 2.45) is 17.3 Å². The number of carbonyl (C=O) groups is 1. The molecular formula is C45H55F3IrNO2-. The van der Waals surface area contributed by atoms with Crippen LogP contribution in [0.2, 0.25) is 0 Å². The van der Waals surface area contributed by atoms with Crippen LogP contribution < -0.4 is 0 Å². The summed E-state index contributed by atoms with van der Waals surface area (Å²) in [5.41, 5.74) is 5.74. The van der Waals surface area contributed by atoms with Crippen molar-refractivity contribution in [3.63, 3.8) is 0 Å². The van der Waals surface area contributed by atoms with Crippen molar-refractivity contribution in [1.82, 2.24) is 4.98 Å². The molecule has 283 valence electrons. The number of hydrogen-bond donors (Lipinski definition) is 1. The summed E-state index contributed by atoms with van der Waals surface area (Å²) < 4.78 is 43.0. The average molecular weight is 891 g/mol. The number of carbonyl (C=O) groups excluding carboxylic acids is 1. The Labute approximate surface area is 322 Å². The number of rotatable bonds is 9. The van der Waals surface area contributed by atoms with Crippen molar-refractivity contribution in [2.45, 2.75) is 120 Å². The van der Waals surface area contributed by atoms with Crippen molar-refractivity contribution < 1.29 is 43.2 Å². The molecule has 0 unspecified atom stereocenters. The summed E-state index contributed by atoms with van der Waals surface area (Å²) in [5, 5.41) is 11.8. The van der Waals surface area contributed by atoms with Crippen LogP contribution in [0.25, 0.3) is 33.2 Å². The van der Waals surface area contributed by atoms with Gasteiger partial charge in [0.15, 0.2) is 5.78 Å². The number of fused-ring (bicyclic) bond motifs is 5. The van der Waals surface area contributed by atoms with Crippen LogP contribution in [0.5, 0.6) is 0 Å². The smallest absolute Gasteiger partial charge is 0.418 e. The number of hydrogen-bond acceptors (Lipinski definition) is 3. The van der Waals surface area contributed by atoms with Gasteiger partial charge in [0.1, 0.15) is 0 Å². The largest absolute Gasteiger partial charge is 0.512 e. The number of alkyl halides is 3. The molecule has 1 N–H and O–H groups in total. The maximum atomic E-state index is 14.3. The third kappa shape index (κ3) is 9.26. The van der Waals surface area contributed by atoms with Gasteiger partial charge in [-0.2, -0.15) is 13.2 Å². The van der Waals surface area contributed by atoms with Gasteiger partial charge in [0.25, 0.3) is 0 Å². The molecule has 0 aliphatic heterocycles. The Kier molecular flexibility index (Phi) is 13.9. The summed E-state index contributed by atoms with van der Waals surface area (Å²) >= 11 is 0. The number of aryl methyl sites for hydroxylation is 2. The van der Waals surface area contributed by atoms with Gasteiger partial charge in [-0.3, -0.25) is 4.79 Å². The van der Waals surface area contributed by atoms with Crippen LogP contribution in [-0.2, 0) is 42.9 Å². The monoisotopic (exact) mass is 891 g/mol. The van der Waals surface area contributed by atoms with Crippen LogP contribution in [0.1, 0.15) is 121 Å². The molecule has 1 radical (unpaired) electrons. The van der Waals surface area contributed by atoms with Crippen molar-refractivity contribution in [2.75, 3.05) is 0 Å². The van der Waals surface area contributed by atoms with Gasteiger partial charge in [-0.1, -0.05) is 106 Å². The molecule has 1 heterocycles. The van der Waals surface area contributed by atoms with Crippen molar-refractivity contribution in [1.29, 1.82) is 0 Å². The zero-order valence-electron chi connectivity index (χ0n) is 32.7. The maximum absolute atomic E-state index is 14.3. The second-order valence-electron chi connectivity index (χ2n) is 15.9. The van der Waals surface area contributed by atoms with E-state index in [0.717, 1.165) is 71.3 Å². The van der Waals surface area contributed by atoms with E-state index in [4.69, 9.17) is 0 Å². The standard InChI is InChI=1S/C32H31F3N.C13H24O2.Ir/c1-18-12-19(2)14-22(13-18)29-28-26(25(17-36-29)32(33,34)35)24-11-9-21-15-20(16-30(3,4)5)8-10-23(21)27(24)31(28,6)7;1-5-10(6-2)12(14)9-13(15)11(7-3)8-4;/h8-13,15,17H,16H2,1-7H3;9-11,14H,5-8H2,1-4H3;/q-1;;/b;12-9-;.